The number of likely N-dealkylation sites (tertiary alicyclic amines) is 1. The van der Waals surface area contributed by atoms with Gasteiger partial charge >= 0.3 is 0 Å². The number of ether oxygens (including phenoxy) is 2. The Morgan fingerprint density at radius 2 is 1.70 bits per heavy atom. The number of carbonyl (C=O) groups is 2. The molecule has 1 saturated carbocycles. The van der Waals surface area contributed by atoms with Gasteiger partial charge in [0.1, 0.15) is 19.0 Å². The number of amides is 1. The second-order valence-electron chi connectivity index (χ2n) is 8.29. The van der Waals surface area contributed by atoms with Crippen LogP contribution in [0.3, 0.4) is 0 Å². The fourth-order valence-corrected chi connectivity index (χ4v) is 4.62. The van der Waals surface area contributed by atoms with E-state index in [1.807, 2.05) is 11.0 Å². The number of hydrogen-bond donors (Lipinski definition) is 0. The van der Waals surface area contributed by atoms with Crippen molar-refractivity contribution >= 4 is 11.7 Å². The Balaban J connectivity index is 1.18. The minimum atomic E-state index is -0.235. The molecular weight excluding hydrogens is 385 g/mol. The van der Waals surface area contributed by atoms with Gasteiger partial charge in [0.15, 0.2) is 17.3 Å². The van der Waals surface area contributed by atoms with E-state index in [-0.39, 0.29) is 35.3 Å². The molecule has 0 bridgehead atoms. The summed E-state index contributed by atoms with van der Waals surface area (Å²) >= 11 is 0. The first-order chi connectivity index (χ1) is 14.6. The lowest BCUT2D eigenvalue weighted by atomic mass is 9.88. The van der Waals surface area contributed by atoms with Crippen LogP contribution in [0, 0.1) is 17.7 Å². The first kappa shape index (κ1) is 19.1. The number of nitrogens with zero attached hydrogens (tertiary/aromatic N) is 1. The highest BCUT2D eigenvalue weighted by Gasteiger charge is 2.47. The van der Waals surface area contributed by atoms with Crippen molar-refractivity contribution in [2.45, 2.75) is 25.2 Å². The van der Waals surface area contributed by atoms with Gasteiger partial charge in [0.25, 0.3) is 0 Å². The average Bonchev–Trinajstić information content (AvgIpc) is 3.59. The van der Waals surface area contributed by atoms with E-state index in [1.165, 1.54) is 6.07 Å². The molecule has 0 aromatic heterocycles. The zero-order valence-electron chi connectivity index (χ0n) is 16.7. The summed E-state index contributed by atoms with van der Waals surface area (Å²) in [6.45, 7) is 2.15. The Kier molecular flexibility index (Phi) is 4.93. The van der Waals surface area contributed by atoms with Gasteiger partial charge in [0.05, 0.1) is 0 Å². The summed E-state index contributed by atoms with van der Waals surface area (Å²) in [4.78, 5) is 27.6. The summed E-state index contributed by atoms with van der Waals surface area (Å²) < 4.78 is 25.1. The van der Waals surface area contributed by atoms with E-state index in [9.17, 15) is 14.0 Å². The molecule has 2 aliphatic heterocycles. The topological polar surface area (TPSA) is 55.8 Å². The molecule has 5 nitrogen and oxygen atoms in total. The number of Topliss-reactive ketones (excluding diaryl/α,β-unsaturated/α-hetero) is 1. The number of ketones is 1. The van der Waals surface area contributed by atoms with Crippen molar-refractivity contribution in [2.24, 2.45) is 11.8 Å². The number of benzene rings is 2. The van der Waals surface area contributed by atoms with Gasteiger partial charge in [-0.2, -0.15) is 0 Å². The second kappa shape index (κ2) is 7.74. The largest absolute Gasteiger partial charge is 0.486 e. The molecule has 2 fully saturated rings. The van der Waals surface area contributed by atoms with Crippen LogP contribution < -0.4 is 9.47 Å². The van der Waals surface area contributed by atoms with Gasteiger partial charge in [0.2, 0.25) is 5.91 Å². The Labute approximate surface area is 174 Å². The summed E-state index contributed by atoms with van der Waals surface area (Å²) in [5.41, 5.74) is 1.27. The summed E-state index contributed by atoms with van der Waals surface area (Å²) in [5.74, 6) is 0.991. The maximum atomic E-state index is 14.0. The molecule has 2 aromatic carbocycles. The lowest BCUT2D eigenvalue weighted by molar-refractivity contribution is -0.133. The molecule has 0 radical (unpaired) electrons. The van der Waals surface area contributed by atoms with Crippen molar-refractivity contribution in [3.63, 3.8) is 0 Å². The van der Waals surface area contributed by atoms with Crippen LogP contribution in [0.25, 0.3) is 0 Å². The highest BCUT2D eigenvalue weighted by Crippen LogP contribution is 2.49. The molecule has 2 atom stereocenters. The highest BCUT2D eigenvalue weighted by molar-refractivity contribution is 5.98. The van der Waals surface area contributed by atoms with Gasteiger partial charge in [-0.1, -0.05) is 18.2 Å². The lowest BCUT2D eigenvalue weighted by Crippen LogP contribution is -2.41. The van der Waals surface area contributed by atoms with Crippen LogP contribution in [0.5, 0.6) is 11.5 Å². The van der Waals surface area contributed by atoms with Crippen LogP contribution in [0.4, 0.5) is 4.39 Å². The molecule has 0 N–H and O–H groups in total. The van der Waals surface area contributed by atoms with Crippen LogP contribution in [0.15, 0.2) is 42.5 Å². The molecule has 2 heterocycles. The van der Waals surface area contributed by atoms with E-state index < -0.39 is 0 Å². The zero-order valence-corrected chi connectivity index (χ0v) is 16.7. The molecule has 2 aromatic rings. The molecule has 156 valence electrons. The molecular formula is C24H24FNO4. The van der Waals surface area contributed by atoms with Crippen LogP contribution in [0.1, 0.15) is 41.1 Å². The molecule has 1 amide bonds. The van der Waals surface area contributed by atoms with E-state index in [2.05, 4.69) is 0 Å². The second-order valence-corrected chi connectivity index (χ2v) is 8.29. The highest BCUT2D eigenvalue weighted by atomic mass is 19.1. The first-order valence-corrected chi connectivity index (χ1v) is 10.6. The van der Waals surface area contributed by atoms with Crippen molar-refractivity contribution in [1.82, 2.24) is 4.90 Å². The molecule has 30 heavy (non-hydrogen) atoms. The molecule has 6 heteroatoms. The fourth-order valence-electron chi connectivity index (χ4n) is 4.62. The fraction of sp³-hybridized carbons (Fsp3) is 0.417. The lowest BCUT2D eigenvalue weighted by Gasteiger charge is -2.31. The quantitative estimate of drug-likeness (QED) is 0.721. The van der Waals surface area contributed by atoms with Crippen molar-refractivity contribution in [3.05, 3.63) is 59.4 Å². The maximum Gasteiger partial charge on any atom is 0.226 e. The summed E-state index contributed by atoms with van der Waals surface area (Å²) in [5, 5.41) is 0. The van der Waals surface area contributed by atoms with Crippen LogP contribution >= 0.6 is 0 Å². The number of halogens is 1. The zero-order chi connectivity index (χ0) is 20.7. The van der Waals surface area contributed by atoms with Crippen molar-refractivity contribution in [2.75, 3.05) is 26.3 Å². The van der Waals surface area contributed by atoms with Crippen molar-refractivity contribution in [1.29, 1.82) is 0 Å². The van der Waals surface area contributed by atoms with Crippen LogP contribution in [-0.2, 0) is 4.79 Å². The van der Waals surface area contributed by atoms with Crippen molar-refractivity contribution in [3.8, 4) is 11.5 Å². The Hall–Kier alpha value is -2.89. The molecule has 0 spiro atoms. The predicted octanol–water partition coefficient (Wildman–Crippen LogP) is 3.82. The van der Waals surface area contributed by atoms with Gasteiger partial charge in [-0.25, -0.2) is 4.39 Å². The standard InChI is InChI=1S/C24H24FNO4/c25-20-4-2-1-3-17(20)18-14-19(18)24(28)26-9-7-15(8-10-26)23(27)16-5-6-21-22(13-16)30-12-11-29-21/h1-6,13,15,18-19H,7-12,14H2. The van der Waals surface area contributed by atoms with Gasteiger partial charge < -0.3 is 14.4 Å². The maximum absolute atomic E-state index is 14.0. The summed E-state index contributed by atoms with van der Waals surface area (Å²) in [6.07, 6.45) is 2.00. The van der Waals surface area contributed by atoms with Crippen LogP contribution in [-0.4, -0.2) is 42.9 Å². The third kappa shape index (κ3) is 3.55. The third-order valence-electron chi connectivity index (χ3n) is 6.42. The molecule has 1 aliphatic carbocycles. The number of rotatable bonds is 4. The van der Waals surface area contributed by atoms with Crippen molar-refractivity contribution < 1.29 is 23.5 Å². The van der Waals surface area contributed by atoms with E-state index in [0.29, 0.717) is 68.2 Å². The number of fused-ring (bicyclic) bond motifs is 1. The van der Waals surface area contributed by atoms with Gasteiger partial charge in [-0.05, 0) is 55.0 Å². The van der Waals surface area contributed by atoms with Gasteiger partial charge in [0, 0.05) is 30.5 Å². The van der Waals surface area contributed by atoms with E-state index in [4.69, 9.17) is 9.47 Å². The normalized spacial score (nSPS) is 23.2. The summed E-state index contributed by atoms with van der Waals surface area (Å²) in [7, 11) is 0. The smallest absolute Gasteiger partial charge is 0.226 e. The predicted molar refractivity (Wildman–Crippen MR) is 108 cm³/mol. The third-order valence-corrected chi connectivity index (χ3v) is 6.42. The minimum Gasteiger partial charge on any atom is -0.486 e. The Bertz CT molecular complexity index is 983. The van der Waals surface area contributed by atoms with E-state index in [0.717, 1.165) is 0 Å². The average molecular weight is 409 g/mol. The Morgan fingerprint density at radius 3 is 2.47 bits per heavy atom. The minimum absolute atomic E-state index is 0.0178. The van der Waals surface area contributed by atoms with E-state index >= 15 is 0 Å². The molecule has 2 unspecified atom stereocenters. The first-order valence-electron chi connectivity index (χ1n) is 10.6. The Morgan fingerprint density at radius 1 is 0.967 bits per heavy atom. The van der Waals surface area contributed by atoms with Crippen LogP contribution in [0.2, 0.25) is 0 Å². The molecule has 1 saturated heterocycles. The number of piperidine rings is 1. The number of carbonyl (C=O) groups excluding carboxylic acids is 2. The van der Waals surface area contributed by atoms with Gasteiger partial charge in [-0.15, -0.1) is 0 Å². The summed E-state index contributed by atoms with van der Waals surface area (Å²) in [6, 6.07) is 12.0. The van der Waals surface area contributed by atoms with E-state index in [1.54, 1.807) is 30.3 Å². The SMILES string of the molecule is O=C(c1ccc2c(c1)OCCO2)C1CCN(C(=O)C2CC2c2ccccc2F)CC1. The number of hydrogen-bond acceptors (Lipinski definition) is 4. The molecule has 5 rings (SSSR count). The van der Waals surface area contributed by atoms with Gasteiger partial charge in [-0.3, -0.25) is 9.59 Å². The monoisotopic (exact) mass is 409 g/mol. The molecule has 3 aliphatic rings.